The van der Waals surface area contributed by atoms with Crippen LogP contribution in [0.5, 0.6) is 0 Å². The molecule has 0 radical (unpaired) electrons. The highest BCUT2D eigenvalue weighted by Crippen LogP contribution is 2.11. The van der Waals surface area contributed by atoms with Gasteiger partial charge in [0.1, 0.15) is 5.82 Å². The Kier molecular flexibility index (Phi) is 4.77. The summed E-state index contributed by atoms with van der Waals surface area (Å²) in [6.45, 7) is 0.208. The smallest absolute Gasteiger partial charge is 0.251 e. The average Bonchev–Trinajstić information content (AvgIpc) is 2.44. The van der Waals surface area contributed by atoms with E-state index in [0.717, 1.165) is 6.26 Å². The van der Waals surface area contributed by atoms with Crippen LogP contribution in [0.4, 0.5) is 10.1 Å². The lowest BCUT2D eigenvalue weighted by Crippen LogP contribution is -2.22. The molecule has 2 rings (SSSR count). The topological polar surface area (TPSA) is 75.3 Å². The lowest BCUT2D eigenvalue weighted by molar-refractivity contribution is 0.0951. The van der Waals surface area contributed by atoms with Gasteiger partial charge in [-0.3, -0.25) is 9.52 Å². The van der Waals surface area contributed by atoms with E-state index in [4.69, 9.17) is 0 Å². The quantitative estimate of drug-likeness (QED) is 0.885. The molecule has 0 aromatic heterocycles. The summed E-state index contributed by atoms with van der Waals surface area (Å²) in [7, 11) is -3.35. The zero-order valence-electron chi connectivity index (χ0n) is 11.8. The number of sulfonamides is 1. The minimum absolute atomic E-state index is 0.208. The second-order valence-corrected chi connectivity index (χ2v) is 6.51. The Labute approximate surface area is 128 Å². The molecule has 0 heterocycles. The number of carbonyl (C=O) groups excluding carboxylic acids is 1. The minimum atomic E-state index is -3.35. The van der Waals surface area contributed by atoms with Crippen LogP contribution < -0.4 is 10.0 Å². The number of carbonyl (C=O) groups is 1. The van der Waals surface area contributed by atoms with Gasteiger partial charge in [-0.15, -0.1) is 0 Å². The highest BCUT2D eigenvalue weighted by atomic mass is 32.2. The molecule has 2 N–H and O–H groups in total. The van der Waals surface area contributed by atoms with E-state index in [1.165, 1.54) is 36.4 Å². The molecule has 0 atom stereocenters. The molecular formula is C15H15FN2O3S. The third kappa shape index (κ3) is 4.85. The third-order valence-electron chi connectivity index (χ3n) is 2.79. The average molecular weight is 322 g/mol. The van der Waals surface area contributed by atoms with E-state index in [-0.39, 0.29) is 18.3 Å². The number of anilines is 1. The van der Waals surface area contributed by atoms with Crippen LogP contribution in [0, 0.1) is 5.82 Å². The van der Waals surface area contributed by atoms with E-state index < -0.39 is 10.0 Å². The Morgan fingerprint density at radius 2 is 1.82 bits per heavy atom. The van der Waals surface area contributed by atoms with E-state index in [1.54, 1.807) is 12.1 Å². The van der Waals surface area contributed by atoms with Crippen LogP contribution in [0.2, 0.25) is 0 Å². The van der Waals surface area contributed by atoms with Gasteiger partial charge in [-0.05, 0) is 42.0 Å². The molecule has 2 aromatic rings. The van der Waals surface area contributed by atoms with E-state index in [0.29, 0.717) is 16.8 Å². The summed E-state index contributed by atoms with van der Waals surface area (Å²) in [5.41, 5.74) is 1.42. The molecule has 2 aromatic carbocycles. The Balaban J connectivity index is 1.98. The summed E-state index contributed by atoms with van der Waals surface area (Å²) in [6.07, 6.45) is 1.05. The van der Waals surface area contributed by atoms with Gasteiger partial charge >= 0.3 is 0 Å². The van der Waals surface area contributed by atoms with Crippen molar-refractivity contribution < 1.29 is 17.6 Å². The van der Waals surface area contributed by atoms with Crippen LogP contribution in [-0.4, -0.2) is 20.6 Å². The summed E-state index contributed by atoms with van der Waals surface area (Å²) in [5, 5.41) is 2.67. The third-order valence-corrected chi connectivity index (χ3v) is 3.40. The number of hydrogen-bond donors (Lipinski definition) is 2. The maximum absolute atomic E-state index is 13.0. The molecule has 7 heteroatoms. The van der Waals surface area contributed by atoms with Gasteiger partial charge in [-0.2, -0.15) is 0 Å². The largest absolute Gasteiger partial charge is 0.348 e. The Hall–Kier alpha value is -2.41. The number of nitrogens with one attached hydrogen (secondary N) is 2. The molecular weight excluding hydrogens is 307 g/mol. The fourth-order valence-electron chi connectivity index (χ4n) is 1.84. The van der Waals surface area contributed by atoms with E-state index in [2.05, 4.69) is 10.0 Å². The molecule has 0 bridgehead atoms. The van der Waals surface area contributed by atoms with E-state index >= 15 is 0 Å². The first-order valence-corrected chi connectivity index (χ1v) is 8.33. The summed E-state index contributed by atoms with van der Waals surface area (Å²) in [4.78, 5) is 12.0. The predicted molar refractivity (Wildman–Crippen MR) is 82.5 cm³/mol. The highest BCUT2D eigenvalue weighted by Gasteiger charge is 2.07. The zero-order chi connectivity index (χ0) is 16.2. The molecule has 5 nitrogen and oxygen atoms in total. The Morgan fingerprint density at radius 1 is 1.14 bits per heavy atom. The Morgan fingerprint density at radius 3 is 2.41 bits per heavy atom. The summed E-state index contributed by atoms with van der Waals surface area (Å²) in [6, 6.07) is 12.0. The van der Waals surface area contributed by atoms with Gasteiger partial charge in [-0.1, -0.05) is 12.1 Å². The molecule has 1 amide bonds. The lowest BCUT2D eigenvalue weighted by atomic mass is 10.2. The molecule has 0 aliphatic heterocycles. The molecule has 0 unspecified atom stereocenters. The monoisotopic (exact) mass is 322 g/mol. The SMILES string of the molecule is CS(=O)(=O)Nc1ccc(C(=O)NCc2cccc(F)c2)cc1. The van der Waals surface area contributed by atoms with Gasteiger partial charge in [0.25, 0.3) is 5.91 Å². The van der Waals surface area contributed by atoms with E-state index in [1.807, 2.05) is 0 Å². The van der Waals surface area contributed by atoms with Crippen molar-refractivity contribution in [1.82, 2.24) is 5.32 Å². The van der Waals surface area contributed by atoms with Crippen molar-refractivity contribution in [2.75, 3.05) is 11.0 Å². The van der Waals surface area contributed by atoms with Crippen molar-refractivity contribution in [3.63, 3.8) is 0 Å². The van der Waals surface area contributed by atoms with Crippen LogP contribution in [-0.2, 0) is 16.6 Å². The van der Waals surface area contributed by atoms with Crippen molar-refractivity contribution in [2.24, 2.45) is 0 Å². The van der Waals surface area contributed by atoms with Gasteiger partial charge < -0.3 is 5.32 Å². The number of hydrogen-bond acceptors (Lipinski definition) is 3. The van der Waals surface area contributed by atoms with Crippen LogP contribution in [0.15, 0.2) is 48.5 Å². The first kappa shape index (κ1) is 16.0. The number of amides is 1. The van der Waals surface area contributed by atoms with Gasteiger partial charge in [0, 0.05) is 17.8 Å². The molecule has 0 aliphatic carbocycles. The molecule has 0 aliphatic rings. The second-order valence-electron chi connectivity index (χ2n) is 4.76. The fraction of sp³-hybridized carbons (Fsp3) is 0.133. The van der Waals surface area contributed by atoms with E-state index in [9.17, 15) is 17.6 Å². The molecule has 0 saturated carbocycles. The first-order chi connectivity index (χ1) is 10.3. The normalized spacial score (nSPS) is 11.0. The maximum atomic E-state index is 13.0. The van der Waals surface area contributed by atoms with Crippen LogP contribution in [0.1, 0.15) is 15.9 Å². The van der Waals surface area contributed by atoms with Crippen molar-refractivity contribution in [1.29, 1.82) is 0 Å². The molecule has 0 saturated heterocycles. The minimum Gasteiger partial charge on any atom is -0.348 e. The molecule has 116 valence electrons. The molecule has 0 fully saturated rings. The maximum Gasteiger partial charge on any atom is 0.251 e. The number of rotatable bonds is 5. The first-order valence-electron chi connectivity index (χ1n) is 6.44. The van der Waals surface area contributed by atoms with Crippen molar-refractivity contribution >= 4 is 21.6 Å². The summed E-state index contributed by atoms with van der Waals surface area (Å²) in [5.74, 6) is -0.682. The van der Waals surface area contributed by atoms with Crippen molar-refractivity contribution in [3.8, 4) is 0 Å². The summed E-state index contributed by atoms with van der Waals surface area (Å²) >= 11 is 0. The van der Waals surface area contributed by atoms with Gasteiger partial charge in [-0.25, -0.2) is 12.8 Å². The predicted octanol–water partition coefficient (Wildman–Crippen LogP) is 2.13. The number of halogens is 1. The van der Waals surface area contributed by atoms with Crippen LogP contribution >= 0.6 is 0 Å². The Bertz CT molecular complexity index is 774. The van der Waals surface area contributed by atoms with Crippen LogP contribution in [0.25, 0.3) is 0 Å². The van der Waals surface area contributed by atoms with Gasteiger partial charge in [0.15, 0.2) is 0 Å². The second kappa shape index (κ2) is 6.57. The lowest BCUT2D eigenvalue weighted by Gasteiger charge is -2.07. The number of benzene rings is 2. The highest BCUT2D eigenvalue weighted by molar-refractivity contribution is 7.92. The summed E-state index contributed by atoms with van der Waals surface area (Å²) < 4.78 is 37.5. The van der Waals surface area contributed by atoms with Gasteiger partial charge in [0.05, 0.1) is 6.26 Å². The van der Waals surface area contributed by atoms with Crippen molar-refractivity contribution in [3.05, 3.63) is 65.5 Å². The molecule has 0 spiro atoms. The van der Waals surface area contributed by atoms with Crippen LogP contribution in [0.3, 0.4) is 0 Å². The zero-order valence-corrected chi connectivity index (χ0v) is 12.7. The standard InChI is InChI=1S/C15H15FN2O3S/c1-22(20,21)18-14-7-5-12(6-8-14)15(19)17-10-11-3-2-4-13(16)9-11/h2-9,18H,10H2,1H3,(H,17,19). The van der Waals surface area contributed by atoms with Crippen molar-refractivity contribution in [2.45, 2.75) is 6.54 Å². The molecule has 22 heavy (non-hydrogen) atoms. The fourth-order valence-corrected chi connectivity index (χ4v) is 2.40. The van der Waals surface area contributed by atoms with Gasteiger partial charge in [0.2, 0.25) is 10.0 Å².